The predicted molar refractivity (Wildman–Crippen MR) is 122 cm³/mol. The van der Waals surface area contributed by atoms with Gasteiger partial charge in [-0.1, -0.05) is 23.7 Å². The third-order valence-electron chi connectivity index (χ3n) is 5.12. The first kappa shape index (κ1) is 21.6. The molecule has 164 valence electrons. The second-order valence-electron chi connectivity index (χ2n) is 7.21. The summed E-state index contributed by atoms with van der Waals surface area (Å²) in [6.07, 6.45) is 4.75. The van der Waals surface area contributed by atoms with Crippen LogP contribution < -0.4 is 15.6 Å². The van der Waals surface area contributed by atoms with Crippen molar-refractivity contribution >= 4 is 23.2 Å². The highest BCUT2D eigenvalue weighted by Crippen LogP contribution is 2.14. The third kappa shape index (κ3) is 4.81. The van der Waals surface area contributed by atoms with Crippen LogP contribution in [0.5, 0.6) is 5.75 Å². The minimum absolute atomic E-state index is 0.0812. The van der Waals surface area contributed by atoms with Gasteiger partial charge in [-0.25, -0.2) is 0 Å². The highest BCUT2D eigenvalue weighted by molar-refractivity contribution is 6.30. The van der Waals surface area contributed by atoms with Crippen molar-refractivity contribution in [3.63, 3.8) is 0 Å². The zero-order valence-corrected chi connectivity index (χ0v) is 18.2. The number of ether oxygens (including phenoxy) is 1. The fourth-order valence-corrected chi connectivity index (χ4v) is 3.49. The minimum atomic E-state index is -0.288. The summed E-state index contributed by atoms with van der Waals surface area (Å²) >= 11 is 5.88. The summed E-state index contributed by atoms with van der Waals surface area (Å²) in [6, 6.07) is 14.7. The van der Waals surface area contributed by atoms with Crippen LogP contribution in [0.2, 0.25) is 5.02 Å². The number of benzene rings is 2. The number of carbonyl (C=O) groups excluding carboxylic acids is 1. The van der Waals surface area contributed by atoms with E-state index in [1.165, 1.54) is 4.57 Å². The molecule has 32 heavy (non-hydrogen) atoms. The number of aryl methyl sites for hydroxylation is 1. The number of amides is 1. The molecule has 0 radical (unpaired) electrons. The maximum Gasteiger partial charge on any atom is 0.300 e. The van der Waals surface area contributed by atoms with Crippen molar-refractivity contribution in [2.45, 2.75) is 19.3 Å². The number of carbonyl (C=O) groups is 1. The standard InChI is InChI=1S/C23H22ClN5O3/c1-32-19-8-6-18(7-9-19)28-14-15-29-20(26-27-22(29)23(28)31)10-11-21(30)25-13-12-16-2-4-17(24)5-3-16/h2-9,14-15H,10-13H2,1H3,(H,25,30). The molecule has 4 rings (SSSR count). The SMILES string of the molecule is COc1ccc(-n2ccn3c(CCC(=O)NCCc4ccc(Cl)cc4)nnc3c2=O)cc1. The fraction of sp³-hybridized carbons (Fsp3) is 0.217. The Balaban J connectivity index is 1.38. The van der Waals surface area contributed by atoms with Crippen molar-refractivity contribution in [3.05, 3.63) is 87.7 Å². The molecular weight excluding hydrogens is 430 g/mol. The monoisotopic (exact) mass is 451 g/mol. The topological polar surface area (TPSA) is 90.5 Å². The summed E-state index contributed by atoms with van der Waals surface area (Å²) < 4.78 is 8.28. The first-order valence-corrected chi connectivity index (χ1v) is 10.5. The molecule has 8 nitrogen and oxygen atoms in total. The van der Waals surface area contributed by atoms with Crippen LogP contribution in [0, 0.1) is 0 Å². The molecule has 0 bridgehead atoms. The van der Waals surface area contributed by atoms with Crippen molar-refractivity contribution in [2.24, 2.45) is 0 Å². The number of aromatic nitrogens is 4. The normalized spacial score (nSPS) is 10.9. The van der Waals surface area contributed by atoms with Crippen molar-refractivity contribution in [3.8, 4) is 11.4 Å². The molecule has 4 aromatic rings. The van der Waals surface area contributed by atoms with Crippen molar-refractivity contribution in [1.82, 2.24) is 24.5 Å². The molecule has 0 saturated carbocycles. The largest absolute Gasteiger partial charge is 0.497 e. The molecule has 0 spiro atoms. The fourth-order valence-electron chi connectivity index (χ4n) is 3.36. The van der Waals surface area contributed by atoms with Gasteiger partial charge in [0.2, 0.25) is 11.6 Å². The number of halogens is 1. The first-order valence-electron chi connectivity index (χ1n) is 10.2. The van der Waals surface area contributed by atoms with Gasteiger partial charge in [-0.05, 0) is 48.4 Å². The van der Waals surface area contributed by atoms with Gasteiger partial charge < -0.3 is 10.1 Å². The van der Waals surface area contributed by atoms with Crippen LogP contribution in [0.4, 0.5) is 0 Å². The van der Waals surface area contributed by atoms with Crippen molar-refractivity contribution in [1.29, 1.82) is 0 Å². The summed E-state index contributed by atoms with van der Waals surface area (Å²) in [5, 5.41) is 11.7. The third-order valence-corrected chi connectivity index (χ3v) is 5.37. The summed E-state index contributed by atoms with van der Waals surface area (Å²) in [4.78, 5) is 25.1. The molecule has 0 aliphatic heterocycles. The van der Waals surface area contributed by atoms with Crippen LogP contribution >= 0.6 is 11.6 Å². The average molecular weight is 452 g/mol. The Kier molecular flexibility index (Phi) is 6.51. The van der Waals surface area contributed by atoms with E-state index in [0.29, 0.717) is 35.2 Å². The maximum atomic E-state index is 12.9. The first-order chi connectivity index (χ1) is 15.5. The van der Waals surface area contributed by atoms with Gasteiger partial charge >= 0.3 is 5.56 Å². The Bertz CT molecular complexity index is 1280. The van der Waals surface area contributed by atoms with Gasteiger partial charge in [-0.2, -0.15) is 0 Å². The molecule has 2 aromatic heterocycles. The molecule has 2 aromatic carbocycles. The average Bonchev–Trinajstić information content (AvgIpc) is 3.23. The molecule has 2 heterocycles. The van der Waals surface area contributed by atoms with E-state index in [-0.39, 0.29) is 23.5 Å². The number of nitrogens with zero attached hydrogens (tertiary/aromatic N) is 4. The van der Waals surface area contributed by atoms with E-state index in [1.54, 1.807) is 48.2 Å². The van der Waals surface area contributed by atoms with Crippen LogP contribution in [0.15, 0.2) is 65.7 Å². The number of methoxy groups -OCH3 is 1. The van der Waals surface area contributed by atoms with Crippen LogP contribution in [0.3, 0.4) is 0 Å². The summed E-state index contributed by atoms with van der Waals surface area (Å²) in [5.74, 6) is 1.19. The quantitative estimate of drug-likeness (QED) is 0.445. The lowest BCUT2D eigenvalue weighted by molar-refractivity contribution is -0.121. The van der Waals surface area contributed by atoms with Gasteiger partial charge in [0.1, 0.15) is 11.6 Å². The van der Waals surface area contributed by atoms with E-state index in [4.69, 9.17) is 16.3 Å². The zero-order valence-electron chi connectivity index (χ0n) is 17.5. The van der Waals surface area contributed by atoms with Crippen LogP contribution in [0.25, 0.3) is 11.3 Å². The van der Waals surface area contributed by atoms with Gasteiger partial charge in [0, 0.05) is 42.5 Å². The Morgan fingerprint density at radius 2 is 1.78 bits per heavy atom. The Hall–Kier alpha value is -3.65. The van der Waals surface area contributed by atoms with E-state index in [1.807, 2.05) is 24.3 Å². The lowest BCUT2D eigenvalue weighted by Gasteiger charge is -2.08. The number of hydrogen-bond donors (Lipinski definition) is 1. The van der Waals surface area contributed by atoms with E-state index >= 15 is 0 Å². The van der Waals surface area contributed by atoms with Crippen LogP contribution in [-0.2, 0) is 17.6 Å². The second-order valence-corrected chi connectivity index (χ2v) is 7.64. The van der Waals surface area contributed by atoms with Gasteiger partial charge in [0.15, 0.2) is 0 Å². The maximum absolute atomic E-state index is 12.9. The van der Waals surface area contributed by atoms with Gasteiger partial charge in [0.25, 0.3) is 0 Å². The van der Waals surface area contributed by atoms with E-state index in [2.05, 4.69) is 15.5 Å². The number of nitrogens with one attached hydrogen (secondary N) is 1. The Morgan fingerprint density at radius 3 is 2.50 bits per heavy atom. The molecule has 1 N–H and O–H groups in total. The second kappa shape index (κ2) is 9.65. The molecule has 0 aliphatic carbocycles. The Labute approximate surface area is 189 Å². The lowest BCUT2D eigenvalue weighted by atomic mass is 10.1. The molecule has 0 aliphatic rings. The van der Waals surface area contributed by atoms with Gasteiger partial charge in [-0.3, -0.25) is 18.6 Å². The molecule has 0 unspecified atom stereocenters. The molecule has 1 amide bonds. The smallest absolute Gasteiger partial charge is 0.300 e. The summed E-state index contributed by atoms with van der Waals surface area (Å²) in [7, 11) is 1.59. The Morgan fingerprint density at radius 1 is 1.03 bits per heavy atom. The predicted octanol–water partition coefficient (Wildman–Crippen LogP) is 2.83. The number of hydrogen-bond acceptors (Lipinski definition) is 5. The molecule has 0 fully saturated rings. The lowest BCUT2D eigenvalue weighted by Crippen LogP contribution is -2.26. The van der Waals surface area contributed by atoms with Crippen LogP contribution in [0.1, 0.15) is 17.8 Å². The van der Waals surface area contributed by atoms with Gasteiger partial charge in [0.05, 0.1) is 7.11 Å². The van der Waals surface area contributed by atoms with Gasteiger partial charge in [-0.15, -0.1) is 10.2 Å². The van der Waals surface area contributed by atoms with Crippen LogP contribution in [-0.4, -0.2) is 38.7 Å². The number of fused-ring (bicyclic) bond motifs is 1. The molecule has 0 atom stereocenters. The van der Waals surface area contributed by atoms with E-state index in [0.717, 1.165) is 12.0 Å². The van der Waals surface area contributed by atoms with E-state index < -0.39 is 0 Å². The zero-order chi connectivity index (χ0) is 22.5. The van der Waals surface area contributed by atoms with Crippen molar-refractivity contribution in [2.75, 3.05) is 13.7 Å². The minimum Gasteiger partial charge on any atom is -0.497 e. The number of rotatable bonds is 8. The molecule has 9 heteroatoms. The highest BCUT2D eigenvalue weighted by atomic mass is 35.5. The highest BCUT2D eigenvalue weighted by Gasteiger charge is 2.13. The van der Waals surface area contributed by atoms with E-state index in [9.17, 15) is 9.59 Å². The summed E-state index contributed by atoms with van der Waals surface area (Å²) in [5.41, 5.74) is 1.72. The summed E-state index contributed by atoms with van der Waals surface area (Å²) in [6.45, 7) is 0.535. The van der Waals surface area contributed by atoms with Crippen molar-refractivity contribution < 1.29 is 9.53 Å². The molecule has 0 saturated heterocycles. The molecular formula is C23H22ClN5O3.